The lowest BCUT2D eigenvalue weighted by molar-refractivity contribution is 0.0964. The van der Waals surface area contributed by atoms with Crippen molar-refractivity contribution in [1.82, 2.24) is 10.3 Å². The van der Waals surface area contributed by atoms with Gasteiger partial charge in [0.25, 0.3) is 11.5 Å². The van der Waals surface area contributed by atoms with E-state index in [4.69, 9.17) is 4.74 Å². The maximum atomic E-state index is 12.2. The molecule has 2 aromatic heterocycles. The Labute approximate surface area is 118 Å². The lowest BCUT2D eigenvalue weighted by Crippen LogP contribution is -2.17. The van der Waals surface area contributed by atoms with Crippen molar-refractivity contribution in [2.45, 2.75) is 0 Å². The van der Waals surface area contributed by atoms with Gasteiger partial charge in [-0.15, -0.1) is 11.3 Å². The number of aromatic nitrogens is 1. The Morgan fingerprint density at radius 1 is 1.35 bits per heavy atom. The van der Waals surface area contributed by atoms with Crippen LogP contribution in [0.15, 0.2) is 29.1 Å². The highest BCUT2D eigenvalue weighted by atomic mass is 32.1. The SMILES string of the molecule is CNC(=O)c1sc2c(c1OC)c(=O)[nH]c1ccccc12. The van der Waals surface area contributed by atoms with E-state index in [-0.39, 0.29) is 11.5 Å². The van der Waals surface area contributed by atoms with Crippen molar-refractivity contribution in [2.24, 2.45) is 0 Å². The minimum atomic E-state index is -0.258. The summed E-state index contributed by atoms with van der Waals surface area (Å²) < 4.78 is 6.04. The van der Waals surface area contributed by atoms with E-state index < -0.39 is 0 Å². The second-order valence-corrected chi connectivity index (χ2v) is 5.27. The standard InChI is InChI=1S/C14H12N2O3S/c1-15-14(18)12-10(19-2)9-11(20-12)7-5-3-4-6-8(7)16-13(9)17/h3-6H,1-2H3,(H,15,18)(H,16,17). The minimum Gasteiger partial charge on any atom is -0.494 e. The molecule has 6 heteroatoms. The number of carbonyl (C=O) groups is 1. The van der Waals surface area contributed by atoms with Crippen molar-refractivity contribution in [3.8, 4) is 5.75 Å². The average molecular weight is 288 g/mol. The number of nitrogens with one attached hydrogen (secondary N) is 2. The summed E-state index contributed by atoms with van der Waals surface area (Å²) in [5.41, 5.74) is 0.499. The van der Waals surface area contributed by atoms with E-state index >= 15 is 0 Å². The van der Waals surface area contributed by atoms with E-state index in [0.717, 1.165) is 15.6 Å². The predicted octanol–water partition coefficient (Wildman–Crippen LogP) is 2.11. The van der Waals surface area contributed by atoms with E-state index in [0.29, 0.717) is 16.0 Å². The lowest BCUT2D eigenvalue weighted by Gasteiger charge is -2.01. The van der Waals surface area contributed by atoms with Crippen molar-refractivity contribution < 1.29 is 9.53 Å². The zero-order valence-electron chi connectivity index (χ0n) is 10.9. The Kier molecular flexibility index (Phi) is 2.94. The first-order valence-electron chi connectivity index (χ1n) is 6.01. The third-order valence-electron chi connectivity index (χ3n) is 3.15. The van der Waals surface area contributed by atoms with E-state index in [2.05, 4.69) is 10.3 Å². The Morgan fingerprint density at radius 2 is 2.10 bits per heavy atom. The monoisotopic (exact) mass is 288 g/mol. The molecule has 0 bridgehead atoms. The van der Waals surface area contributed by atoms with Gasteiger partial charge in [0.15, 0.2) is 5.75 Å². The predicted molar refractivity (Wildman–Crippen MR) is 79.9 cm³/mol. The van der Waals surface area contributed by atoms with Gasteiger partial charge in [0.1, 0.15) is 10.3 Å². The van der Waals surface area contributed by atoms with E-state index in [1.165, 1.54) is 18.4 Å². The number of rotatable bonds is 2. The van der Waals surface area contributed by atoms with Crippen LogP contribution in [0.5, 0.6) is 5.75 Å². The Hall–Kier alpha value is -2.34. The van der Waals surface area contributed by atoms with Crippen molar-refractivity contribution >= 4 is 38.2 Å². The van der Waals surface area contributed by atoms with Gasteiger partial charge in [-0.25, -0.2) is 0 Å². The molecule has 0 saturated carbocycles. The number of aromatic amines is 1. The first-order valence-corrected chi connectivity index (χ1v) is 6.82. The topological polar surface area (TPSA) is 71.2 Å². The van der Waals surface area contributed by atoms with Gasteiger partial charge < -0.3 is 15.0 Å². The Morgan fingerprint density at radius 3 is 2.80 bits per heavy atom. The van der Waals surface area contributed by atoms with Crippen LogP contribution in [0.3, 0.4) is 0 Å². The number of ether oxygens (including phenoxy) is 1. The lowest BCUT2D eigenvalue weighted by atomic mass is 10.1. The van der Waals surface area contributed by atoms with Gasteiger partial charge in [-0.2, -0.15) is 0 Å². The summed E-state index contributed by atoms with van der Waals surface area (Å²) in [5, 5.41) is 3.89. The number of benzene rings is 1. The molecule has 3 aromatic rings. The first kappa shape index (κ1) is 12.7. The van der Waals surface area contributed by atoms with Crippen LogP contribution < -0.4 is 15.6 Å². The van der Waals surface area contributed by atoms with Crippen molar-refractivity contribution in [3.63, 3.8) is 0 Å². The molecule has 20 heavy (non-hydrogen) atoms. The number of amides is 1. The normalized spacial score (nSPS) is 10.9. The number of hydrogen-bond donors (Lipinski definition) is 2. The zero-order valence-corrected chi connectivity index (χ0v) is 11.8. The maximum absolute atomic E-state index is 12.2. The number of thiophene rings is 1. The molecule has 0 aliphatic rings. The summed E-state index contributed by atoms with van der Waals surface area (Å²) in [5.74, 6) is 0.0721. The van der Waals surface area contributed by atoms with E-state index in [1.54, 1.807) is 7.05 Å². The molecule has 0 aliphatic carbocycles. The van der Waals surface area contributed by atoms with Crippen LogP contribution in [-0.4, -0.2) is 25.0 Å². The fourth-order valence-corrected chi connectivity index (χ4v) is 3.50. The second kappa shape index (κ2) is 4.64. The molecular formula is C14H12N2O3S. The number of fused-ring (bicyclic) bond motifs is 3. The van der Waals surface area contributed by atoms with E-state index in [1.807, 2.05) is 24.3 Å². The van der Waals surface area contributed by atoms with Gasteiger partial charge >= 0.3 is 0 Å². The summed E-state index contributed by atoms with van der Waals surface area (Å²) >= 11 is 1.27. The molecule has 0 atom stereocenters. The number of carbonyl (C=O) groups excluding carboxylic acids is 1. The van der Waals surface area contributed by atoms with Crippen LogP contribution in [0.4, 0.5) is 0 Å². The first-order chi connectivity index (χ1) is 9.67. The molecule has 0 aliphatic heterocycles. The number of pyridine rings is 1. The van der Waals surface area contributed by atoms with Gasteiger partial charge in [-0.1, -0.05) is 18.2 Å². The third-order valence-corrected chi connectivity index (χ3v) is 4.35. The molecule has 0 saturated heterocycles. The number of methoxy groups -OCH3 is 1. The number of hydrogen-bond acceptors (Lipinski definition) is 4. The molecule has 5 nitrogen and oxygen atoms in total. The van der Waals surface area contributed by atoms with Crippen LogP contribution in [0, 0.1) is 0 Å². The highest BCUT2D eigenvalue weighted by Crippen LogP contribution is 2.38. The number of para-hydroxylation sites is 1. The van der Waals surface area contributed by atoms with Gasteiger partial charge in [0, 0.05) is 18.0 Å². The summed E-state index contributed by atoms with van der Waals surface area (Å²) in [6.45, 7) is 0. The van der Waals surface area contributed by atoms with Gasteiger partial charge in [0.2, 0.25) is 0 Å². The van der Waals surface area contributed by atoms with Crippen LogP contribution in [-0.2, 0) is 0 Å². The van der Waals surface area contributed by atoms with Gasteiger partial charge in [0.05, 0.1) is 11.8 Å². The van der Waals surface area contributed by atoms with E-state index in [9.17, 15) is 9.59 Å². The summed E-state index contributed by atoms with van der Waals surface area (Å²) in [7, 11) is 3.01. The van der Waals surface area contributed by atoms with Crippen LogP contribution in [0.25, 0.3) is 21.0 Å². The largest absolute Gasteiger partial charge is 0.494 e. The molecule has 2 N–H and O–H groups in total. The molecule has 0 unspecified atom stereocenters. The highest BCUT2D eigenvalue weighted by molar-refractivity contribution is 7.22. The van der Waals surface area contributed by atoms with Crippen molar-refractivity contribution in [1.29, 1.82) is 0 Å². The van der Waals surface area contributed by atoms with Gasteiger partial charge in [-0.3, -0.25) is 9.59 Å². The fraction of sp³-hybridized carbons (Fsp3) is 0.143. The summed E-state index contributed by atoms with van der Waals surface area (Å²) in [6.07, 6.45) is 0. The number of H-pyrrole nitrogens is 1. The minimum absolute atomic E-state index is 0.248. The summed E-state index contributed by atoms with van der Waals surface area (Å²) in [6, 6.07) is 7.50. The third kappa shape index (κ3) is 1.69. The molecule has 0 fully saturated rings. The van der Waals surface area contributed by atoms with Crippen molar-refractivity contribution in [2.75, 3.05) is 14.2 Å². The Balaban J connectivity index is 2.52. The zero-order chi connectivity index (χ0) is 14.3. The molecule has 0 radical (unpaired) electrons. The molecular weight excluding hydrogens is 276 g/mol. The fourth-order valence-electron chi connectivity index (χ4n) is 2.24. The molecule has 1 amide bonds. The van der Waals surface area contributed by atoms with Crippen LogP contribution >= 0.6 is 11.3 Å². The van der Waals surface area contributed by atoms with Crippen molar-refractivity contribution in [3.05, 3.63) is 39.5 Å². The van der Waals surface area contributed by atoms with Crippen LogP contribution in [0.1, 0.15) is 9.67 Å². The molecule has 1 aromatic carbocycles. The average Bonchev–Trinajstić information content (AvgIpc) is 2.87. The maximum Gasteiger partial charge on any atom is 0.264 e. The molecule has 0 spiro atoms. The summed E-state index contributed by atoms with van der Waals surface area (Å²) in [4.78, 5) is 27.4. The quantitative estimate of drug-likeness (QED) is 0.758. The van der Waals surface area contributed by atoms with Crippen LogP contribution in [0.2, 0.25) is 0 Å². The second-order valence-electron chi connectivity index (χ2n) is 4.25. The molecule has 2 heterocycles. The highest BCUT2D eigenvalue weighted by Gasteiger charge is 2.22. The molecule has 3 rings (SSSR count). The Bertz CT molecular complexity index is 879. The smallest absolute Gasteiger partial charge is 0.264 e. The van der Waals surface area contributed by atoms with Gasteiger partial charge in [-0.05, 0) is 6.07 Å². The molecule has 102 valence electrons.